The van der Waals surface area contributed by atoms with Gasteiger partial charge < -0.3 is 14.5 Å². The normalized spacial score (nSPS) is 24.2. The molecule has 3 rings (SSSR count). The Balaban J connectivity index is 1.81. The van der Waals surface area contributed by atoms with Crippen molar-refractivity contribution in [1.29, 1.82) is 0 Å². The summed E-state index contributed by atoms with van der Waals surface area (Å²) in [6.07, 6.45) is 10.1. The second-order valence-electron chi connectivity index (χ2n) is 6.36. The molecule has 1 aromatic rings. The maximum atomic E-state index is 5.57. The standard InChI is InChI=1S/C17H28N2O2/c1-2-18-16(13-15-5-10-21-14-15)17(6-3-4-7-17)19-8-11-20-12-9-19/h5,10,14,16,18H,2-4,6-9,11-13H2,1H3. The fraction of sp³-hybridized carbons (Fsp3) is 0.765. The van der Waals surface area contributed by atoms with Crippen molar-refractivity contribution >= 4 is 0 Å². The van der Waals surface area contributed by atoms with Crippen molar-refractivity contribution in [3.8, 4) is 0 Å². The SMILES string of the molecule is CCNC(Cc1ccoc1)C1(N2CCOCC2)CCCC1. The van der Waals surface area contributed by atoms with E-state index in [0.29, 0.717) is 11.6 Å². The van der Waals surface area contributed by atoms with Gasteiger partial charge in [-0.25, -0.2) is 0 Å². The van der Waals surface area contributed by atoms with Gasteiger partial charge in [0.15, 0.2) is 0 Å². The van der Waals surface area contributed by atoms with Crippen LogP contribution in [0.4, 0.5) is 0 Å². The highest BCUT2D eigenvalue weighted by molar-refractivity contribution is 5.13. The maximum absolute atomic E-state index is 5.57. The third-order valence-electron chi connectivity index (χ3n) is 5.23. The number of hydrogen-bond acceptors (Lipinski definition) is 4. The lowest BCUT2D eigenvalue weighted by Gasteiger charge is -2.48. The molecule has 4 heteroatoms. The quantitative estimate of drug-likeness (QED) is 0.874. The number of ether oxygens (including phenoxy) is 1. The summed E-state index contributed by atoms with van der Waals surface area (Å²) in [6, 6.07) is 2.60. The Hall–Kier alpha value is -0.840. The van der Waals surface area contributed by atoms with Crippen LogP contribution in [-0.4, -0.2) is 49.3 Å². The first-order chi connectivity index (χ1) is 10.3. The third kappa shape index (κ3) is 3.17. The molecule has 118 valence electrons. The molecule has 1 aromatic heterocycles. The average molecular weight is 292 g/mol. The molecule has 1 unspecified atom stereocenters. The first-order valence-electron chi connectivity index (χ1n) is 8.42. The molecule has 0 aromatic carbocycles. The smallest absolute Gasteiger partial charge is 0.0935 e. The Kier molecular flexibility index (Phi) is 4.99. The van der Waals surface area contributed by atoms with E-state index in [2.05, 4.69) is 23.2 Å². The number of rotatable bonds is 6. The van der Waals surface area contributed by atoms with Crippen LogP contribution in [0, 0.1) is 0 Å². The van der Waals surface area contributed by atoms with E-state index < -0.39 is 0 Å². The predicted octanol–water partition coefficient (Wildman–Crippen LogP) is 2.45. The van der Waals surface area contributed by atoms with Crippen LogP contribution < -0.4 is 5.32 Å². The van der Waals surface area contributed by atoms with Crippen molar-refractivity contribution in [1.82, 2.24) is 10.2 Å². The summed E-state index contributed by atoms with van der Waals surface area (Å²) >= 11 is 0. The van der Waals surface area contributed by atoms with E-state index in [9.17, 15) is 0 Å². The van der Waals surface area contributed by atoms with Crippen LogP contribution >= 0.6 is 0 Å². The van der Waals surface area contributed by atoms with Crippen LogP contribution in [0.3, 0.4) is 0 Å². The fourth-order valence-electron chi connectivity index (χ4n) is 4.22. The summed E-state index contributed by atoms with van der Waals surface area (Å²) in [7, 11) is 0. The molecular formula is C17H28N2O2. The molecule has 0 bridgehead atoms. The number of hydrogen-bond donors (Lipinski definition) is 1. The van der Waals surface area contributed by atoms with Crippen LogP contribution in [-0.2, 0) is 11.2 Å². The van der Waals surface area contributed by atoms with Gasteiger partial charge in [0.05, 0.1) is 25.7 Å². The van der Waals surface area contributed by atoms with Crippen LogP contribution in [0.5, 0.6) is 0 Å². The Morgan fingerprint density at radius 1 is 1.29 bits per heavy atom. The summed E-state index contributed by atoms with van der Waals surface area (Å²) in [6.45, 7) is 7.15. The molecule has 4 nitrogen and oxygen atoms in total. The minimum atomic E-state index is 0.303. The molecule has 1 atom stereocenters. The van der Waals surface area contributed by atoms with Crippen LogP contribution in [0.15, 0.2) is 23.0 Å². The number of nitrogens with one attached hydrogen (secondary N) is 1. The van der Waals surface area contributed by atoms with Crippen molar-refractivity contribution < 1.29 is 9.15 Å². The maximum Gasteiger partial charge on any atom is 0.0935 e. The molecule has 2 heterocycles. The zero-order valence-corrected chi connectivity index (χ0v) is 13.1. The Bertz CT molecular complexity index is 406. The second-order valence-corrected chi connectivity index (χ2v) is 6.36. The molecule has 0 radical (unpaired) electrons. The number of likely N-dealkylation sites (N-methyl/N-ethyl adjacent to an activating group) is 1. The first-order valence-corrected chi connectivity index (χ1v) is 8.42. The van der Waals surface area contributed by atoms with E-state index in [1.165, 1.54) is 31.2 Å². The Morgan fingerprint density at radius 3 is 2.67 bits per heavy atom. The lowest BCUT2D eigenvalue weighted by atomic mass is 9.82. The molecule has 1 aliphatic heterocycles. The van der Waals surface area contributed by atoms with Gasteiger partial charge in [-0.1, -0.05) is 19.8 Å². The number of nitrogens with zero attached hydrogens (tertiary/aromatic N) is 1. The molecule has 1 saturated heterocycles. The van der Waals surface area contributed by atoms with Crippen LogP contribution in [0.2, 0.25) is 0 Å². The van der Waals surface area contributed by atoms with E-state index in [1.54, 1.807) is 6.26 Å². The predicted molar refractivity (Wildman–Crippen MR) is 83.5 cm³/mol. The molecule has 2 aliphatic rings. The van der Waals surface area contributed by atoms with Crippen molar-refractivity contribution in [3.05, 3.63) is 24.2 Å². The fourth-order valence-corrected chi connectivity index (χ4v) is 4.22. The van der Waals surface area contributed by atoms with Gasteiger partial charge in [-0.05, 0) is 37.4 Å². The first kappa shape index (κ1) is 15.1. The van der Waals surface area contributed by atoms with Crippen molar-refractivity contribution in [3.63, 3.8) is 0 Å². The highest BCUT2D eigenvalue weighted by Gasteiger charge is 2.45. The highest BCUT2D eigenvalue weighted by Crippen LogP contribution is 2.39. The molecular weight excluding hydrogens is 264 g/mol. The summed E-state index contributed by atoms with van der Waals surface area (Å²) in [5.41, 5.74) is 1.61. The topological polar surface area (TPSA) is 37.6 Å². The van der Waals surface area contributed by atoms with E-state index in [1.807, 2.05) is 6.26 Å². The largest absolute Gasteiger partial charge is 0.472 e. The molecule has 21 heavy (non-hydrogen) atoms. The van der Waals surface area contributed by atoms with Gasteiger partial charge in [-0.15, -0.1) is 0 Å². The van der Waals surface area contributed by atoms with Crippen molar-refractivity contribution in [2.75, 3.05) is 32.8 Å². The van der Waals surface area contributed by atoms with E-state index in [0.717, 1.165) is 39.3 Å². The van der Waals surface area contributed by atoms with Gasteiger partial charge in [-0.3, -0.25) is 4.90 Å². The molecule has 0 amide bonds. The third-order valence-corrected chi connectivity index (χ3v) is 5.23. The van der Waals surface area contributed by atoms with Gasteiger partial charge in [0.1, 0.15) is 0 Å². The summed E-state index contributed by atoms with van der Waals surface area (Å²) in [4.78, 5) is 2.71. The summed E-state index contributed by atoms with van der Waals surface area (Å²) in [5, 5.41) is 3.78. The lowest BCUT2D eigenvalue weighted by Crippen LogP contribution is -2.63. The molecule has 2 fully saturated rings. The van der Waals surface area contributed by atoms with Gasteiger partial charge in [0.2, 0.25) is 0 Å². The van der Waals surface area contributed by atoms with E-state index >= 15 is 0 Å². The lowest BCUT2D eigenvalue weighted by molar-refractivity contribution is -0.0355. The molecule has 1 saturated carbocycles. The average Bonchev–Trinajstić information content (AvgIpc) is 3.20. The zero-order valence-electron chi connectivity index (χ0n) is 13.1. The molecule has 0 spiro atoms. The number of morpholine rings is 1. The minimum absolute atomic E-state index is 0.303. The minimum Gasteiger partial charge on any atom is -0.472 e. The van der Waals surface area contributed by atoms with E-state index in [-0.39, 0.29) is 0 Å². The molecule has 1 aliphatic carbocycles. The van der Waals surface area contributed by atoms with Gasteiger partial charge in [0, 0.05) is 24.7 Å². The zero-order chi connectivity index (χ0) is 14.5. The van der Waals surface area contributed by atoms with Gasteiger partial charge >= 0.3 is 0 Å². The molecule has 1 N–H and O–H groups in total. The van der Waals surface area contributed by atoms with Gasteiger partial charge in [0.25, 0.3) is 0 Å². The van der Waals surface area contributed by atoms with Crippen LogP contribution in [0.25, 0.3) is 0 Å². The highest BCUT2D eigenvalue weighted by atomic mass is 16.5. The van der Waals surface area contributed by atoms with Gasteiger partial charge in [-0.2, -0.15) is 0 Å². The second kappa shape index (κ2) is 6.95. The van der Waals surface area contributed by atoms with Crippen molar-refractivity contribution in [2.45, 2.75) is 50.6 Å². The van der Waals surface area contributed by atoms with Crippen molar-refractivity contribution in [2.24, 2.45) is 0 Å². The van der Waals surface area contributed by atoms with E-state index in [4.69, 9.17) is 9.15 Å². The summed E-state index contributed by atoms with van der Waals surface area (Å²) in [5.74, 6) is 0. The summed E-state index contributed by atoms with van der Waals surface area (Å²) < 4.78 is 10.8. The Labute approximate surface area is 127 Å². The number of furan rings is 1. The monoisotopic (exact) mass is 292 g/mol. The Morgan fingerprint density at radius 2 is 2.05 bits per heavy atom. The van der Waals surface area contributed by atoms with Crippen LogP contribution in [0.1, 0.15) is 38.2 Å².